The lowest BCUT2D eigenvalue weighted by atomic mass is 9.91. The molecule has 4 rings (SSSR count). The Morgan fingerprint density at radius 3 is 2.43 bits per heavy atom. The van der Waals surface area contributed by atoms with Crippen LogP contribution in [0.1, 0.15) is 18.1 Å². The van der Waals surface area contributed by atoms with E-state index < -0.39 is 23.4 Å². The summed E-state index contributed by atoms with van der Waals surface area (Å²) < 4.78 is 49.1. The molecule has 0 saturated carbocycles. The molecule has 28 heavy (non-hydrogen) atoms. The number of nitrogens with one attached hydrogen (secondary N) is 1. The first-order chi connectivity index (χ1) is 13.2. The molecular formula is C21H16F3NO3. The standard InChI is InChI=1S/C21H16F3NO3/c1-20(12-27-19(26)25-20)15-7-5-14-10-18(8-6-13(14)9-15)28-17-4-2-3-16(11-17)21(22,23)24/h2-11H,12H2,1H3,(H,25,26)/t20-/m0/s1. The maximum Gasteiger partial charge on any atom is 0.416 e. The van der Waals surface area contributed by atoms with Gasteiger partial charge in [-0.15, -0.1) is 0 Å². The average molecular weight is 387 g/mol. The van der Waals surface area contributed by atoms with Crippen molar-refractivity contribution in [3.05, 3.63) is 71.8 Å². The maximum atomic E-state index is 12.8. The maximum absolute atomic E-state index is 12.8. The molecule has 1 aliphatic heterocycles. The van der Waals surface area contributed by atoms with Gasteiger partial charge in [0.15, 0.2) is 0 Å². The lowest BCUT2D eigenvalue weighted by Gasteiger charge is -2.22. The first kappa shape index (κ1) is 18.2. The highest BCUT2D eigenvalue weighted by molar-refractivity contribution is 5.85. The molecular weight excluding hydrogens is 371 g/mol. The number of alkyl carbamates (subject to hydrolysis) is 1. The smallest absolute Gasteiger partial charge is 0.416 e. The van der Waals surface area contributed by atoms with Crippen LogP contribution < -0.4 is 10.1 Å². The highest BCUT2D eigenvalue weighted by Gasteiger charge is 2.36. The number of hydrogen-bond donors (Lipinski definition) is 1. The van der Waals surface area contributed by atoms with E-state index in [0.29, 0.717) is 5.75 Å². The zero-order valence-corrected chi connectivity index (χ0v) is 14.8. The number of carbonyl (C=O) groups excluding carboxylic acids is 1. The Bertz CT molecular complexity index is 1060. The van der Waals surface area contributed by atoms with E-state index in [1.807, 2.05) is 31.2 Å². The van der Waals surface area contributed by atoms with Crippen LogP contribution in [0.3, 0.4) is 0 Å². The molecule has 1 amide bonds. The number of cyclic esters (lactones) is 1. The molecule has 144 valence electrons. The van der Waals surface area contributed by atoms with Gasteiger partial charge in [0.25, 0.3) is 0 Å². The molecule has 0 aromatic heterocycles. The van der Waals surface area contributed by atoms with Gasteiger partial charge in [-0.05, 0) is 59.7 Å². The van der Waals surface area contributed by atoms with Gasteiger partial charge in [-0.3, -0.25) is 0 Å². The van der Waals surface area contributed by atoms with Gasteiger partial charge in [0.05, 0.1) is 11.1 Å². The van der Waals surface area contributed by atoms with E-state index in [9.17, 15) is 18.0 Å². The van der Waals surface area contributed by atoms with Crippen molar-refractivity contribution in [2.75, 3.05) is 6.61 Å². The van der Waals surface area contributed by atoms with Crippen LogP contribution in [-0.4, -0.2) is 12.7 Å². The molecule has 1 aliphatic rings. The SMILES string of the molecule is C[C@@]1(c2ccc3cc(Oc4cccc(C(F)(F)F)c4)ccc3c2)COC(=O)N1. The Labute approximate surface area is 158 Å². The minimum atomic E-state index is -4.42. The molecule has 1 fully saturated rings. The Morgan fingerprint density at radius 2 is 1.71 bits per heavy atom. The van der Waals surface area contributed by atoms with Crippen molar-refractivity contribution in [2.45, 2.75) is 18.6 Å². The second-order valence-electron chi connectivity index (χ2n) is 6.88. The summed E-state index contributed by atoms with van der Waals surface area (Å²) in [4.78, 5) is 11.4. The van der Waals surface area contributed by atoms with Gasteiger partial charge in [0, 0.05) is 0 Å². The highest BCUT2D eigenvalue weighted by Crippen LogP contribution is 2.34. The van der Waals surface area contributed by atoms with E-state index in [1.165, 1.54) is 12.1 Å². The Kier molecular flexibility index (Phi) is 4.18. The predicted molar refractivity (Wildman–Crippen MR) is 97.3 cm³/mol. The largest absolute Gasteiger partial charge is 0.457 e. The van der Waals surface area contributed by atoms with Crippen LogP contribution in [0.15, 0.2) is 60.7 Å². The van der Waals surface area contributed by atoms with Gasteiger partial charge in [0.2, 0.25) is 0 Å². The number of alkyl halides is 3. The normalized spacial score (nSPS) is 19.4. The van der Waals surface area contributed by atoms with E-state index in [1.54, 1.807) is 12.1 Å². The molecule has 0 radical (unpaired) electrons. The Balaban J connectivity index is 1.61. The number of benzene rings is 3. The minimum Gasteiger partial charge on any atom is -0.457 e. The number of halogens is 3. The third-order valence-electron chi connectivity index (χ3n) is 4.72. The van der Waals surface area contributed by atoms with Gasteiger partial charge in [-0.1, -0.05) is 24.3 Å². The fraction of sp³-hybridized carbons (Fsp3) is 0.190. The molecule has 1 heterocycles. The lowest BCUT2D eigenvalue weighted by molar-refractivity contribution is -0.137. The fourth-order valence-corrected chi connectivity index (χ4v) is 3.17. The quantitative estimate of drug-likeness (QED) is 0.636. The summed E-state index contributed by atoms with van der Waals surface area (Å²) in [6.45, 7) is 2.12. The monoisotopic (exact) mass is 387 g/mol. The predicted octanol–water partition coefficient (Wildman–Crippen LogP) is 5.61. The summed E-state index contributed by atoms with van der Waals surface area (Å²) in [6, 6.07) is 15.7. The zero-order chi connectivity index (χ0) is 19.9. The lowest BCUT2D eigenvalue weighted by Crippen LogP contribution is -2.37. The number of carbonyl (C=O) groups is 1. The van der Waals surface area contributed by atoms with Crippen LogP contribution in [0, 0.1) is 0 Å². The van der Waals surface area contributed by atoms with E-state index >= 15 is 0 Å². The molecule has 3 aromatic rings. The number of ether oxygens (including phenoxy) is 2. The van der Waals surface area contributed by atoms with Crippen molar-refractivity contribution in [3.8, 4) is 11.5 Å². The van der Waals surface area contributed by atoms with Crippen LogP contribution in [-0.2, 0) is 16.5 Å². The average Bonchev–Trinajstić information content (AvgIpc) is 3.01. The molecule has 0 unspecified atom stereocenters. The third kappa shape index (κ3) is 3.47. The van der Waals surface area contributed by atoms with Gasteiger partial charge in [0.1, 0.15) is 18.1 Å². The summed E-state index contributed by atoms with van der Waals surface area (Å²) in [5, 5.41) is 4.57. The summed E-state index contributed by atoms with van der Waals surface area (Å²) in [7, 11) is 0. The van der Waals surface area contributed by atoms with E-state index in [-0.39, 0.29) is 12.4 Å². The number of hydrogen-bond acceptors (Lipinski definition) is 3. The van der Waals surface area contributed by atoms with Crippen LogP contribution in [0.2, 0.25) is 0 Å². The van der Waals surface area contributed by atoms with Crippen LogP contribution in [0.25, 0.3) is 10.8 Å². The van der Waals surface area contributed by atoms with E-state index in [2.05, 4.69) is 5.32 Å². The number of amides is 1. The summed E-state index contributed by atoms with van der Waals surface area (Å²) >= 11 is 0. The van der Waals surface area contributed by atoms with Crippen molar-refractivity contribution in [2.24, 2.45) is 0 Å². The Morgan fingerprint density at radius 1 is 1.00 bits per heavy atom. The van der Waals surface area contributed by atoms with Gasteiger partial charge < -0.3 is 14.8 Å². The molecule has 0 bridgehead atoms. The van der Waals surface area contributed by atoms with Crippen molar-refractivity contribution in [1.29, 1.82) is 0 Å². The van der Waals surface area contributed by atoms with Gasteiger partial charge in [-0.25, -0.2) is 4.79 Å². The third-order valence-corrected chi connectivity index (χ3v) is 4.72. The molecule has 4 nitrogen and oxygen atoms in total. The summed E-state index contributed by atoms with van der Waals surface area (Å²) in [5.41, 5.74) is -0.458. The molecule has 1 saturated heterocycles. The second-order valence-corrected chi connectivity index (χ2v) is 6.88. The molecule has 1 N–H and O–H groups in total. The molecule has 0 aliphatic carbocycles. The van der Waals surface area contributed by atoms with E-state index in [0.717, 1.165) is 28.5 Å². The molecule has 1 atom stereocenters. The Hall–Kier alpha value is -3.22. The molecule has 3 aromatic carbocycles. The van der Waals surface area contributed by atoms with Crippen LogP contribution in [0.5, 0.6) is 11.5 Å². The molecule has 7 heteroatoms. The zero-order valence-electron chi connectivity index (χ0n) is 14.8. The fourth-order valence-electron chi connectivity index (χ4n) is 3.17. The van der Waals surface area contributed by atoms with Crippen molar-refractivity contribution >= 4 is 16.9 Å². The second kappa shape index (κ2) is 6.44. The van der Waals surface area contributed by atoms with Crippen molar-refractivity contribution < 1.29 is 27.4 Å². The van der Waals surface area contributed by atoms with Gasteiger partial charge >= 0.3 is 12.3 Å². The van der Waals surface area contributed by atoms with Crippen LogP contribution >= 0.6 is 0 Å². The first-order valence-corrected chi connectivity index (χ1v) is 8.57. The summed E-state index contributed by atoms with van der Waals surface area (Å²) in [5.74, 6) is 0.549. The highest BCUT2D eigenvalue weighted by atomic mass is 19.4. The number of fused-ring (bicyclic) bond motifs is 1. The van der Waals surface area contributed by atoms with Gasteiger partial charge in [-0.2, -0.15) is 13.2 Å². The first-order valence-electron chi connectivity index (χ1n) is 8.57. The molecule has 0 spiro atoms. The minimum absolute atomic E-state index is 0.115. The summed E-state index contributed by atoms with van der Waals surface area (Å²) in [6.07, 6.45) is -4.87. The van der Waals surface area contributed by atoms with Crippen molar-refractivity contribution in [3.63, 3.8) is 0 Å². The van der Waals surface area contributed by atoms with Crippen molar-refractivity contribution in [1.82, 2.24) is 5.32 Å². The topological polar surface area (TPSA) is 47.6 Å². The van der Waals surface area contributed by atoms with Crippen LogP contribution in [0.4, 0.5) is 18.0 Å². The van der Waals surface area contributed by atoms with E-state index in [4.69, 9.17) is 9.47 Å². The number of rotatable bonds is 3.